The van der Waals surface area contributed by atoms with Crippen molar-refractivity contribution in [3.8, 4) is 0 Å². The third-order valence-electron chi connectivity index (χ3n) is 2.44. The zero-order chi connectivity index (χ0) is 12.2. The van der Waals surface area contributed by atoms with Gasteiger partial charge in [0.05, 0.1) is 6.61 Å². The number of carbonyl (C=O) groups excluding carboxylic acids is 1. The van der Waals surface area contributed by atoms with E-state index < -0.39 is 11.7 Å². The van der Waals surface area contributed by atoms with E-state index in [0.29, 0.717) is 19.8 Å². The number of alkyl carbamates (subject to hydrolysis) is 1. The minimum atomic E-state index is -0.463. The van der Waals surface area contributed by atoms with Crippen molar-refractivity contribution in [1.82, 2.24) is 5.32 Å². The number of carbonyl (C=O) groups is 1. The van der Waals surface area contributed by atoms with Gasteiger partial charge in [-0.25, -0.2) is 4.79 Å². The molecule has 0 saturated carbocycles. The lowest BCUT2D eigenvalue weighted by Crippen LogP contribution is -2.45. The fourth-order valence-corrected chi connectivity index (χ4v) is 1.55. The molecule has 1 rings (SSSR count). The first kappa shape index (κ1) is 13.3. The number of nitrogens with two attached hydrogens (primary N) is 1. The Labute approximate surface area is 96.7 Å². The van der Waals surface area contributed by atoms with Gasteiger partial charge in [-0.3, -0.25) is 0 Å². The molecule has 0 unspecified atom stereocenters. The summed E-state index contributed by atoms with van der Waals surface area (Å²) in [5.41, 5.74) is 5.46. The molecule has 2 atom stereocenters. The number of hydrogen-bond donors (Lipinski definition) is 2. The second kappa shape index (κ2) is 5.50. The first-order chi connectivity index (χ1) is 7.38. The Morgan fingerprint density at radius 3 is 2.81 bits per heavy atom. The molecule has 1 amide bonds. The molecule has 5 nitrogen and oxygen atoms in total. The van der Waals surface area contributed by atoms with Crippen LogP contribution in [0.15, 0.2) is 0 Å². The van der Waals surface area contributed by atoms with E-state index in [-0.39, 0.29) is 12.0 Å². The third-order valence-corrected chi connectivity index (χ3v) is 2.44. The average Bonchev–Trinajstić information content (AvgIpc) is 2.14. The SMILES string of the molecule is CC(C)(C)OC(=O)NC[C@H]1COCC[C@H]1N. The van der Waals surface area contributed by atoms with Gasteiger partial charge in [-0.1, -0.05) is 0 Å². The van der Waals surface area contributed by atoms with Gasteiger partial charge in [0.15, 0.2) is 0 Å². The Morgan fingerprint density at radius 2 is 2.25 bits per heavy atom. The van der Waals surface area contributed by atoms with Gasteiger partial charge in [-0.05, 0) is 27.2 Å². The summed E-state index contributed by atoms with van der Waals surface area (Å²) in [5.74, 6) is 0.182. The van der Waals surface area contributed by atoms with Crippen LogP contribution < -0.4 is 11.1 Å². The largest absolute Gasteiger partial charge is 0.444 e. The Hall–Kier alpha value is -0.810. The molecule has 1 fully saturated rings. The van der Waals surface area contributed by atoms with Crippen molar-refractivity contribution in [3.05, 3.63) is 0 Å². The van der Waals surface area contributed by atoms with Crippen molar-refractivity contribution in [2.75, 3.05) is 19.8 Å². The minimum Gasteiger partial charge on any atom is -0.444 e. The van der Waals surface area contributed by atoms with E-state index in [2.05, 4.69) is 5.32 Å². The molecular weight excluding hydrogens is 208 g/mol. The molecule has 16 heavy (non-hydrogen) atoms. The van der Waals surface area contributed by atoms with Crippen LogP contribution in [0.3, 0.4) is 0 Å². The maximum atomic E-state index is 11.4. The van der Waals surface area contributed by atoms with Crippen molar-refractivity contribution in [1.29, 1.82) is 0 Å². The first-order valence-electron chi connectivity index (χ1n) is 5.68. The zero-order valence-electron chi connectivity index (χ0n) is 10.3. The van der Waals surface area contributed by atoms with E-state index in [4.69, 9.17) is 15.2 Å². The van der Waals surface area contributed by atoms with Gasteiger partial charge in [0.25, 0.3) is 0 Å². The van der Waals surface area contributed by atoms with E-state index in [0.717, 1.165) is 6.42 Å². The number of ether oxygens (including phenoxy) is 2. The van der Waals surface area contributed by atoms with E-state index in [1.54, 1.807) is 0 Å². The Morgan fingerprint density at radius 1 is 1.56 bits per heavy atom. The van der Waals surface area contributed by atoms with Crippen LogP contribution in [0.4, 0.5) is 4.79 Å². The summed E-state index contributed by atoms with van der Waals surface area (Å²) < 4.78 is 10.4. The lowest BCUT2D eigenvalue weighted by atomic mass is 9.97. The van der Waals surface area contributed by atoms with Crippen LogP contribution in [0.1, 0.15) is 27.2 Å². The smallest absolute Gasteiger partial charge is 0.407 e. The summed E-state index contributed by atoms with van der Waals surface area (Å²) in [6.45, 7) is 7.34. The molecule has 1 heterocycles. The maximum Gasteiger partial charge on any atom is 0.407 e. The molecule has 0 radical (unpaired) electrons. The van der Waals surface area contributed by atoms with Crippen molar-refractivity contribution in [2.45, 2.75) is 38.8 Å². The van der Waals surface area contributed by atoms with Crippen molar-refractivity contribution >= 4 is 6.09 Å². The highest BCUT2D eigenvalue weighted by Crippen LogP contribution is 2.12. The number of rotatable bonds is 2. The first-order valence-corrected chi connectivity index (χ1v) is 5.68. The van der Waals surface area contributed by atoms with E-state index in [1.807, 2.05) is 20.8 Å². The fraction of sp³-hybridized carbons (Fsp3) is 0.909. The molecular formula is C11H22N2O3. The molecule has 5 heteroatoms. The van der Waals surface area contributed by atoms with Gasteiger partial charge in [0.2, 0.25) is 0 Å². The molecule has 0 aromatic heterocycles. The molecule has 0 spiro atoms. The topological polar surface area (TPSA) is 73.6 Å². The maximum absolute atomic E-state index is 11.4. The fourth-order valence-electron chi connectivity index (χ4n) is 1.55. The molecule has 0 aromatic rings. The number of hydrogen-bond acceptors (Lipinski definition) is 4. The number of nitrogens with one attached hydrogen (secondary N) is 1. The monoisotopic (exact) mass is 230 g/mol. The minimum absolute atomic E-state index is 0.101. The quantitative estimate of drug-likeness (QED) is 0.738. The lowest BCUT2D eigenvalue weighted by molar-refractivity contribution is 0.0332. The van der Waals surface area contributed by atoms with Crippen LogP contribution in [-0.4, -0.2) is 37.5 Å². The van der Waals surface area contributed by atoms with Gasteiger partial charge in [-0.15, -0.1) is 0 Å². The Bertz CT molecular complexity index is 238. The summed E-state index contributed by atoms with van der Waals surface area (Å²) in [7, 11) is 0. The molecule has 94 valence electrons. The van der Waals surface area contributed by atoms with E-state index in [9.17, 15) is 4.79 Å². The van der Waals surface area contributed by atoms with Crippen molar-refractivity contribution in [2.24, 2.45) is 11.7 Å². The van der Waals surface area contributed by atoms with E-state index >= 15 is 0 Å². The molecule has 0 bridgehead atoms. The highest BCUT2D eigenvalue weighted by molar-refractivity contribution is 5.67. The Balaban J connectivity index is 2.25. The predicted octanol–water partition coefficient (Wildman–Crippen LogP) is 0.875. The summed E-state index contributed by atoms with van der Waals surface area (Å²) in [4.78, 5) is 11.4. The van der Waals surface area contributed by atoms with Crippen LogP contribution in [0.2, 0.25) is 0 Å². The molecule has 0 aromatic carbocycles. The third kappa shape index (κ3) is 4.81. The summed E-state index contributed by atoms with van der Waals surface area (Å²) in [6.07, 6.45) is 0.450. The van der Waals surface area contributed by atoms with Crippen LogP contribution in [0.25, 0.3) is 0 Å². The van der Waals surface area contributed by atoms with Gasteiger partial charge < -0.3 is 20.5 Å². The number of amides is 1. The van der Waals surface area contributed by atoms with Gasteiger partial charge >= 0.3 is 6.09 Å². The summed E-state index contributed by atoms with van der Waals surface area (Å²) >= 11 is 0. The van der Waals surface area contributed by atoms with Gasteiger partial charge in [-0.2, -0.15) is 0 Å². The van der Waals surface area contributed by atoms with Crippen LogP contribution in [-0.2, 0) is 9.47 Å². The van der Waals surface area contributed by atoms with E-state index in [1.165, 1.54) is 0 Å². The normalized spacial score (nSPS) is 26.2. The summed E-state index contributed by atoms with van der Waals surface area (Å²) in [6, 6.07) is 0.101. The van der Waals surface area contributed by atoms with Crippen LogP contribution >= 0.6 is 0 Å². The molecule has 1 aliphatic rings. The molecule has 1 saturated heterocycles. The summed E-state index contributed by atoms with van der Waals surface area (Å²) in [5, 5.41) is 2.72. The predicted molar refractivity (Wildman–Crippen MR) is 61.1 cm³/mol. The standard InChI is InChI=1S/C11H22N2O3/c1-11(2,3)16-10(14)13-6-8-7-15-5-4-9(8)12/h8-9H,4-7,12H2,1-3H3,(H,13,14)/t8-,9+/m0/s1. The average molecular weight is 230 g/mol. The Kier molecular flexibility index (Phi) is 4.56. The molecule has 3 N–H and O–H groups in total. The van der Waals surface area contributed by atoms with Gasteiger partial charge in [0, 0.05) is 25.1 Å². The highest BCUT2D eigenvalue weighted by atomic mass is 16.6. The van der Waals surface area contributed by atoms with Gasteiger partial charge in [0.1, 0.15) is 5.60 Å². The van der Waals surface area contributed by atoms with Crippen LogP contribution in [0, 0.1) is 5.92 Å². The molecule has 0 aliphatic carbocycles. The lowest BCUT2D eigenvalue weighted by Gasteiger charge is -2.29. The second-order valence-electron chi connectivity index (χ2n) is 5.17. The van der Waals surface area contributed by atoms with Crippen LogP contribution in [0.5, 0.6) is 0 Å². The molecule has 1 aliphatic heterocycles. The van der Waals surface area contributed by atoms with Crippen molar-refractivity contribution < 1.29 is 14.3 Å². The highest BCUT2D eigenvalue weighted by Gasteiger charge is 2.24. The second-order valence-corrected chi connectivity index (χ2v) is 5.17. The zero-order valence-corrected chi connectivity index (χ0v) is 10.3. The van der Waals surface area contributed by atoms with Crippen molar-refractivity contribution in [3.63, 3.8) is 0 Å².